The van der Waals surface area contributed by atoms with Crippen LogP contribution in [0, 0.1) is 28.6 Å². The van der Waals surface area contributed by atoms with Gasteiger partial charge in [-0.05, 0) is 74.7 Å². The zero-order valence-corrected chi connectivity index (χ0v) is 15.0. The van der Waals surface area contributed by atoms with E-state index in [4.69, 9.17) is 0 Å². The quantitative estimate of drug-likeness (QED) is 0.671. The van der Waals surface area contributed by atoms with Crippen molar-refractivity contribution in [2.45, 2.75) is 71.8 Å². The highest BCUT2D eigenvalue weighted by Gasteiger charge is 2.60. The Labute approximate surface area is 140 Å². The Kier molecular flexibility index (Phi) is 3.12. The van der Waals surface area contributed by atoms with E-state index in [1.54, 1.807) is 0 Å². The van der Waals surface area contributed by atoms with E-state index >= 15 is 0 Å². The summed E-state index contributed by atoms with van der Waals surface area (Å²) in [6.07, 6.45) is 10.7. The summed E-state index contributed by atoms with van der Waals surface area (Å²) < 4.78 is 0. The number of carbonyl (C=O) groups is 1. The van der Waals surface area contributed by atoms with E-state index in [0.717, 1.165) is 31.3 Å². The van der Waals surface area contributed by atoms with Crippen molar-refractivity contribution >= 4 is 5.78 Å². The largest absolute Gasteiger partial charge is 0.385 e. The Morgan fingerprint density at radius 1 is 1.13 bits per heavy atom. The minimum absolute atomic E-state index is 0.00866. The second-order valence-electron chi connectivity index (χ2n) is 9.24. The number of ketones is 1. The zero-order chi connectivity index (χ0) is 16.6. The van der Waals surface area contributed by atoms with Crippen LogP contribution in [0.25, 0.3) is 0 Å². The lowest BCUT2D eigenvalue weighted by Gasteiger charge is -2.59. The Balaban J connectivity index is 1.74. The maximum Gasteiger partial charge on any atom is 0.158 e. The third-order valence-electron chi connectivity index (χ3n) is 8.45. The molecule has 0 amide bonds. The molecule has 126 valence electrons. The molecule has 0 radical (unpaired) electrons. The summed E-state index contributed by atoms with van der Waals surface area (Å²) in [5.41, 5.74) is 2.07. The number of rotatable bonds is 0. The molecule has 4 aliphatic rings. The monoisotopic (exact) mass is 314 g/mol. The topological polar surface area (TPSA) is 37.3 Å². The van der Waals surface area contributed by atoms with E-state index in [2.05, 4.69) is 32.9 Å². The SMILES string of the molecule is CC1=C2CC[C@@H]3[C@H](CC[C@@]4(C)[C@H]3C=C[C@]4(C)O)[C@@]2(C)CCC1=O. The molecule has 0 spiro atoms. The summed E-state index contributed by atoms with van der Waals surface area (Å²) >= 11 is 0. The number of allylic oxidation sites excluding steroid dienone is 3. The molecule has 0 aromatic rings. The summed E-state index contributed by atoms with van der Waals surface area (Å²) in [5.74, 6) is 2.20. The van der Waals surface area contributed by atoms with Gasteiger partial charge in [-0.15, -0.1) is 0 Å². The number of aliphatic hydroxyl groups is 1. The van der Waals surface area contributed by atoms with Crippen LogP contribution in [0.15, 0.2) is 23.3 Å². The summed E-state index contributed by atoms with van der Waals surface area (Å²) in [4.78, 5) is 12.2. The van der Waals surface area contributed by atoms with Crippen molar-refractivity contribution in [3.63, 3.8) is 0 Å². The molecular weight excluding hydrogens is 284 g/mol. The molecule has 0 aromatic heterocycles. The van der Waals surface area contributed by atoms with Crippen molar-refractivity contribution in [3.8, 4) is 0 Å². The highest BCUT2D eigenvalue weighted by atomic mass is 16.3. The molecule has 2 fully saturated rings. The lowest BCUT2D eigenvalue weighted by molar-refractivity contribution is -0.121. The fourth-order valence-corrected chi connectivity index (χ4v) is 6.66. The van der Waals surface area contributed by atoms with Crippen molar-refractivity contribution in [1.29, 1.82) is 0 Å². The van der Waals surface area contributed by atoms with Crippen molar-refractivity contribution < 1.29 is 9.90 Å². The van der Waals surface area contributed by atoms with E-state index in [0.29, 0.717) is 23.5 Å². The molecule has 2 saturated carbocycles. The average Bonchev–Trinajstić information content (AvgIpc) is 2.74. The van der Waals surface area contributed by atoms with E-state index in [1.807, 2.05) is 6.92 Å². The first kappa shape index (κ1) is 15.6. The summed E-state index contributed by atoms with van der Waals surface area (Å²) in [6, 6.07) is 0. The number of hydrogen-bond acceptors (Lipinski definition) is 2. The van der Waals surface area contributed by atoms with Gasteiger partial charge in [-0.1, -0.05) is 31.6 Å². The molecule has 0 aromatic carbocycles. The second-order valence-corrected chi connectivity index (χ2v) is 9.24. The maximum absolute atomic E-state index is 12.2. The molecule has 0 heterocycles. The van der Waals surface area contributed by atoms with E-state index < -0.39 is 5.60 Å². The standard InChI is InChI=1S/C21H30O2/c1-13-15-6-5-14-16(19(15,2)10-9-18(13)22)7-11-20(3)17(14)8-12-21(20,4)23/h8,12,14,16-17,23H,5-7,9-11H2,1-4H3/t14-,16+,17+,19+,20+,21+/m1/s1. The van der Waals surface area contributed by atoms with Gasteiger partial charge in [0.05, 0.1) is 5.60 Å². The fraction of sp³-hybridized carbons (Fsp3) is 0.762. The van der Waals surface area contributed by atoms with Crippen LogP contribution in [0.4, 0.5) is 0 Å². The molecule has 4 rings (SSSR count). The molecule has 6 atom stereocenters. The van der Waals surface area contributed by atoms with E-state index in [1.165, 1.54) is 18.4 Å². The normalized spacial score (nSPS) is 52.2. The van der Waals surface area contributed by atoms with E-state index in [-0.39, 0.29) is 10.8 Å². The lowest BCUT2D eigenvalue weighted by atomic mass is 9.46. The molecule has 0 unspecified atom stereocenters. The Hall–Kier alpha value is -0.890. The number of fused-ring (bicyclic) bond motifs is 5. The Morgan fingerprint density at radius 3 is 2.61 bits per heavy atom. The first-order valence-electron chi connectivity index (χ1n) is 9.36. The zero-order valence-electron chi connectivity index (χ0n) is 15.0. The van der Waals surface area contributed by atoms with Gasteiger partial charge in [0.15, 0.2) is 5.78 Å². The average molecular weight is 314 g/mol. The summed E-state index contributed by atoms with van der Waals surface area (Å²) in [5, 5.41) is 10.9. The van der Waals surface area contributed by atoms with Crippen molar-refractivity contribution in [3.05, 3.63) is 23.3 Å². The number of Topliss-reactive ketones (excluding diaryl/α,β-unsaturated/α-hetero) is 1. The third-order valence-corrected chi connectivity index (χ3v) is 8.45. The lowest BCUT2D eigenvalue weighted by Crippen LogP contribution is -2.54. The highest BCUT2D eigenvalue weighted by Crippen LogP contribution is 2.66. The van der Waals surface area contributed by atoms with E-state index in [9.17, 15) is 9.90 Å². The predicted octanol–water partition coefficient (Wildman–Crippen LogP) is 4.44. The van der Waals surface area contributed by atoms with Gasteiger partial charge in [0.25, 0.3) is 0 Å². The van der Waals surface area contributed by atoms with Gasteiger partial charge in [-0.25, -0.2) is 0 Å². The molecule has 0 saturated heterocycles. The molecule has 23 heavy (non-hydrogen) atoms. The van der Waals surface area contributed by atoms with Crippen LogP contribution in [0.5, 0.6) is 0 Å². The number of hydrogen-bond donors (Lipinski definition) is 1. The summed E-state index contributed by atoms with van der Waals surface area (Å²) in [6.45, 7) is 8.76. The molecule has 4 aliphatic carbocycles. The minimum atomic E-state index is -0.669. The van der Waals surface area contributed by atoms with Crippen LogP contribution < -0.4 is 0 Å². The Bertz CT molecular complexity index is 626. The second kappa shape index (κ2) is 4.59. The molecule has 2 heteroatoms. The van der Waals surface area contributed by atoms with Crippen molar-refractivity contribution in [2.75, 3.05) is 0 Å². The molecular formula is C21H30O2. The van der Waals surface area contributed by atoms with Crippen LogP contribution in [0.3, 0.4) is 0 Å². The van der Waals surface area contributed by atoms with Crippen LogP contribution in [-0.2, 0) is 4.79 Å². The molecule has 0 aliphatic heterocycles. The van der Waals surface area contributed by atoms with Crippen LogP contribution in [0.2, 0.25) is 0 Å². The van der Waals surface area contributed by atoms with Crippen molar-refractivity contribution in [2.24, 2.45) is 28.6 Å². The third kappa shape index (κ3) is 1.82. The van der Waals surface area contributed by atoms with Gasteiger partial charge in [0.2, 0.25) is 0 Å². The smallest absolute Gasteiger partial charge is 0.158 e. The van der Waals surface area contributed by atoms with Gasteiger partial charge >= 0.3 is 0 Å². The van der Waals surface area contributed by atoms with Crippen molar-refractivity contribution in [1.82, 2.24) is 0 Å². The van der Waals surface area contributed by atoms with Gasteiger partial charge < -0.3 is 5.11 Å². The summed E-state index contributed by atoms with van der Waals surface area (Å²) in [7, 11) is 0. The van der Waals surface area contributed by atoms with Gasteiger partial charge in [-0.3, -0.25) is 4.79 Å². The highest BCUT2D eigenvalue weighted by molar-refractivity contribution is 5.96. The molecule has 1 N–H and O–H groups in total. The van der Waals surface area contributed by atoms with Crippen LogP contribution in [0.1, 0.15) is 66.2 Å². The van der Waals surface area contributed by atoms with Gasteiger partial charge in [-0.2, -0.15) is 0 Å². The van der Waals surface area contributed by atoms with Gasteiger partial charge in [0.1, 0.15) is 0 Å². The van der Waals surface area contributed by atoms with Crippen LogP contribution in [-0.4, -0.2) is 16.5 Å². The first-order valence-corrected chi connectivity index (χ1v) is 9.36. The predicted molar refractivity (Wildman–Crippen MR) is 91.9 cm³/mol. The van der Waals surface area contributed by atoms with Gasteiger partial charge in [0, 0.05) is 11.8 Å². The molecule has 2 nitrogen and oxygen atoms in total. The fourth-order valence-electron chi connectivity index (χ4n) is 6.66. The Morgan fingerprint density at radius 2 is 1.87 bits per heavy atom. The number of carbonyl (C=O) groups excluding carboxylic acids is 1. The first-order chi connectivity index (χ1) is 10.7. The van der Waals surface area contributed by atoms with Crippen LogP contribution >= 0.6 is 0 Å². The molecule has 0 bridgehead atoms. The maximum atomic E-state index is 12.2. The minimum Gasteiger partial charge on any atom is -0.385 e.